The first-order valence-corrected chi connectivity index (χ1v) is 12.3. The summed E-state index contributed by atoms with van der Waals surface area (Å²) in [7, 11) is 0. The van der Waals surface area contributed by atoms with Crippen LogP contribution in [0.5, 0.6) is 0 Å². The van der Waals surface area contributed by atoms with E-state index >= 15 is 0 Å². The summed E-state index contributed by atoms with van der Waals surface area (Å²) in [5.74, 6) is 0.329. The molecule has 0 radical (unpaired) electrons. The summed E-state index contributed by atoms with van der Waals surface area (Å²) in [6, 6.07) is 25.3. The Hall–Kier alpha value is -2.65. The van der Waals surface area contributed by atoms with Crippen LogP contribution in [0.2, 0.25) is 0 Å². The molecule has 162 valence electrons. The number of halogens is 1. The molecule has 1 fully saturated rings. The summed E-state index contributed by atoms with van der Waals surface area (Å²) < 4.78 is 1.11. The van der Waals surface area contributed by atoms with Crippen molar-refractivity contribution in [2.45, 2.75) is 18.8 Å². The highest BCUT2D eigenvalue weighted by Crippen LogP contribution is 2.39. The summed E-state index contributed by atoms with van der Waals surface area (Å²) in [6.45, 7) is 2.44. The van der Waals surface area contributed by atoms with Gasteiger partial charge in [0.05, 0.1) is 11.5 Å². The van der Waals surface area contributed by atoms with Gasteiger partial charge < -0.3 is 4.90 Å². The first-order chi connectivity index (χ1) is 15.5. The highest BCUT2D eigenvalue weighted by Gasteiger charge is 2.32. The fourth-order valence-corrected chi connectivity index (χ4v) is 5.19. The minimum absolute atomic E-state index is 0.0550. The van der Waals surface area contributed by atoms with E-state index in [9.17, 15) is 9.59 Å². The Labute approximate surface area is 205 Å². The van der Waals surface area contributed by atoms with Crippen LogP contribution in [0.25, 0.3) is 0 Å². The van der Waals surface area contributed by atoms with Gasteiger partial charge in [-0.3, -0.25) is 9.59 Å². The van der Waals surface area contributed by atoms with Gasteiger partial charge in [-0.2, -0.15) is 5.10 Å². The van der Waals surface area contributed by atoms with Gasteiger partial charge in [-0.25, -0.2) is 5.43 Å². The van der Waals surface area contributed by atoms with E-state index in [0.717, 1.165) is 26.0 Å². The third kappa shape index (κ3) is 5.39. The number of hydrazone groups is 1. The van der Waals surface area contributed by atoms with Crippen molar-refractivity contribution in [1.29, 1.82) is 0 Å². The number of rotatable bonds is 6. The van der Waals surface area contributed by atoms with Gasteiger partial charge in [0.1, 0.15) is 5.37 Å². The van der Waals surface area contributed by atoms with Crippen molar-refractivity contribution in [3.63, 3.8) is 0 Å². The van der Waals surface area contributed by atoms with E-state index in [1.807, 2.05) is 78.6 Å². The standard InChI is InChI=1S/C25H22IN3O2S/c1-17(21-8-5-9-22(26)14-21)27-28-24(31)19-10-12-20(13-11-19)25-29(23(30)16-32-25)15-18-6-3-2-4-7-18/h2-14,25H,15-16H2,1H3,(H,28,31)/b27-17-/t25-/m0/s1. The zero-order valence-corrected chi connectivity index (χ0v) is 20.5. The van der Waals surface area contributed by atoms with E-state index in [-0.39, 0.29) is 17.2 Å². The van der Waals surface area contributed by atoms with Crippen molar-refractivity contribution in [3.8, 4) is 0 Å². The van der Waals surface area contributed by atoms with Gasteiger partial charge in [0, 0.05) is 15.7 Å². The van der Waals surface area contributed by atoms with Crippen LogP contribution in [-0.2, 0) is 11.3 Å². The van der Waals surface area contributed by atoms with Gasteiger partial charge in [0.15, 0.2) is 0 Å². The topological polar surface area (TPSA) is 61.8 Å². The van der Waals surface area contributed by atoms with Crippen LogP contribution in [0.1, 0.15) is 39.3 Å². The second-order valence-corrected chi connectivity index (χ2v) is 9.76. The number of carbonyl (C=O) groups is 2. The minimum Gasteiger partial charge on any atom is -0.322 e. The minimum atomic E-state index is -0.266. The number of hydrogen-bond donors (Lipinski definition) is 1. The molecule has 1 heterocycles. The first-order valence-electron chi connectivity index (χ1n) is 10.2. The van der Waals surface area contributed by atoms with Crippen LogP contribution in [0.4, 0.5) is 0 Å². The van der Waals surface area contributed by atoms with Crippen molar-refractivity contribution >= 4 is 51.9 Å². The van der Waals surface area contributed by atoms with Crippen molar-refractivity contribution in [3.05, 3.63) is 105 Å². The van der Waals surface area contributed by atoms with Crippen molar-refractivity contribution in [1.82, 2.24) is 10.3 Å². The zero-order chi connectivity index (χ0) is 22.5. The summed E-state index contributed by atoms with van der Waals surface area (Å²) in [4.78, 5) is 26.9. The van der Waals surface area contributed by atoms with E-state index in [4.69, 9.17) is 0 Å². The summed E-state index contributed by atoms with van der Waals surface area (Å²) in [6.07, 6.45) is 0. The van der Waals surface area contributed by atoms with Crippen LogP contribution in [0, 0.1) is 3.57 Å². The molecule has 0 bridgehead atoms. The second kappa shape index (κ2) is 10.3. The van der Waals surface area contributed by atoms with Gasteiger partial charge in [0.2, 0.25) is 5.91 Å². The zero-order valence-electron chi connectivity index (χ0n) is 17.5. The molecule has 3 aromatic carbocycles. The molecule has 0 unspecified atom stereocenters. The Balaban J connectivity index is 1.43. The van der Waals surface area contributed by atoms with Crippen LogP contribution in [0.3, 0.4) is 0 Å². The monoisotopic (exact) mass is 555 g/mol. The molecular weight excluding hydrogens is 533 g/mol. The first kappa shape index (κ1) is 22.5. The van der Waals surface area contributed by atoms with E-state index in [2.05, 4.69) is 33.1 Å². The number of benzene rings is 3. The maximum atomic E-state index is 12.5. The summed E-state index contributed by atoms with van der Waals surface area (Å²) >= 11 is 3.86. The fraction of sp³-hybridized carbons (Fsp3) is 0.160. The van der Waals surface area contributed by atoms with E-state index < -0.39 is 0 Å². The van der Waals surface area contributed by atoms with Crippen LogP contribution >= 0.6 is 34.4 Å². The number of hydrogen-bond acceptors (Lipinski definition) is 4. The molecule has 32 heavy (non-hydrogen) atoms. The maximum absolute atomic E-state index is 12.5. The smallest absolute Gasteiger partial charge is 0.271 e. The van der Waals surface area contributed by atoms with Gasteiger partial charge >= 0.3 is 0 Å². The molecule has 0 aromatic heterocycles. The average molecular weight is 555 g/mol. The van der Waals surface area contributed by atoms with Gasteiger partial charge in [-0.1, -0.05) is 54.6 Å². The number of amides is 2. The Morgan fingerprint density at radius 2 is 1.81 bits per heavy atom. The lowest BCUT2D eigenvalue weighted by Crippen LogP contribution is -2.27. The van der Waals surface area contributed by atoms with Gasteiger partial charge in [0.25, 0.3) is 5.91 Å². The lowest BCUT2D eigenvalue weighted by atomic mass is 10.1. The molecule has 5 nitrogen and oxygen atoms in total. The third-order valence-electron chi connectivity index (χ3n) is 5.19. The number of nitrogens with zero attached hydrogens (tertiary/aromatic N) is 2. The van der Waals surface area contributed by atoms with Crippen molar-refractivity contribution < 1.29 is 9.59 Å². The maximum Gasteiger partial charge on any atom is 0.271 e. The molecule has 0 aliphatic carbocycles. The average Bonchev–Trinajstić information content (AvgIpc) is 3.18. The lowest BCUT2D eigenvalue weighted by Gasteiger charge is -2.24. The van der Waals surface area contributed by atoms with E-state index in [1.54, 1.807) is 23.9 Å². The summed E-state index contributed by atoms with van der Waals surface area (Å²) in [5.41, 5.74) is 6.97. The summed E-state index contributed by atoms with van der Waals surface area (Å²) in [5, 5.41) is 4.18. The highest BCUT2D eigenvalue weighted by atomic mass is 127. The number of nitrogens with one attached hydrogen (secondary N) is 1. The van der Waals surface area contributed by atoms with Gasteiger partial charge in [-0.05, 0) is 70.5 Å². The Bertz CT molecular complexity index is 1150. The second-order valence-electron chi connectivity index (χ2n) is 7.44. The van der Waals surface area contributed by atoms with E-state index in [0.29, 0.717) is 17.9 Å². The quantitative estimate of drug-likeness (QED) is 0.258. The Morgan fingerprint density at radius 3 is 2.53 bits per heavy atom. The molecular formula is C25H22IN3O2S. The number of carbonyl (C=O) groups excluding carboxylic acids is 2. The Morgan fingerprint density at radius 1 is 1.06 bits per heavy atom. The van der Waals surface area contributed by atoms with Gasteiger partial charge in [-0.15, -0.1) is 11.8 Å². The molecule has 0 spiro atoms. The molecule has 1 saturated heterocycles. The van der Waals surface area contributed by atoms with E-state index in [1.165, 1.54) is 0 Å². The largest absolute Gasteiger partial charge is 0.322 e. The Kier molecular flexibility index (Phi) is 7.26. The molecule has 1 aliphatic rings. The van der Waals surface area contributed by atoms with Crippen LogP contribution in [0.15, 0.2) is 84.0 Å². The normalized spacial score (nSPS) is 16.3. The molecule has 1 atom stereocenters. The third-order valence-corrected chi connectivity index (χ3v) is 7.12. The molecule has 1 aliphatic heterocycles. The number of thioether (sulfide) groups is 1. The highest BCUT2D eigenvalue weighted by molar-refractivity contribution is 14.1. The fourth-order valence-electron chi connectivity index (χ4n) is 3.46. The van der Waals surface area contributed by atoms with Crippen molar-refractivity contribution in [2.75, 3.05) is 5.75 Å². The van der Waals surface area contributed by atoms with Crippen LogP contribution < -0.4 is 5.43 Å². The predicted molar refractivity (Wildman–Crippen MR) is 137 cm³/mol. The van der Waals surface area contributed by atoms with Crippen molar-refractivity contribution in [2.24, 2.45) is 5.10 Å². The molecule has 2 amide bonds. The molecule has 3 aromatic rings. The molecule has 4 rings (SSSR count). The molecule has 0 saturated carbocycles. The SMILES string of the molecule is C/C(=N/NC(=O)c1ccc([C@@H]2SCC(=O)N2Cc2ccccc2)cc1)c1cccc(I)c1. The lowest BCUT2D eigenvalue weighted by molar-refractivity contribution is -0.128. The molecule has 7 heteroatoms. The van der Waals surface area contributed by atoms with Crippen LogP contribution in [-0.4, -0.2) is 28.2 Å². The molecule has 1 N–H and O–H groups in total. The predicted octanol–water partition coefficient (Wildman–Crippen LogP) is 5.22.